The highest BCUT2D eigenvalue weighted by atomic mass is 16.4. The van der Waals surface area contributed by atoms with Crippen LogP contribution in [0.3, 0.4) is 0 Å². The summed E-state index contributed by atoms with van der Waals surface area (Å²) in [5, 5.41) is 16.2. The van der Waals surface area contributed by atoms with Crippen LogP contribution >= 0.6 is 0 Å². The van der Waals surface area contributed by atoms with Gasteiger partial charge in [-0.2, -0.15) is 5.10 Å². The molecule has 0 unspecified atom stereocenters. The Balaban J connectivity index is 2.08. The van der Waals surface area contributed by atoms with Gasteiger partial charge in [-0.05, 0) is 37.0 Å². The molecule has 0 aliphatic rings. The van der Waals surface area contributed by atoms with Gasteiger partial charge < -0.3 is 10.4 Å². The third-order valence-electron chi connectivity index (χ3n) is 4.20. The maximum atomic E-state index is 12.5. The maximum Gasteiger partial charge on any atom is 0.303 e. The number of hydrogen-bond donors (Lipinski definition) is 2. The fraction of sp³-hybridized carbons (Fsp3) is 0.421. The highest BCUT2D eigenvalue weighted by molar-refractivity contribution is 5.92. The lowest BCUT2D eigenvalue weighted by Crippen LogP contribution is -2.16. The van der Waals surface area contributed by atoms with E-state index in [0.717, 1.165) is 35.4 Å². The van der Waals surface area contributed by atoms with Crippen molar-refractivity contribution in [3.05, 3.63) is 46.8 Å². The molecule has 1 heterocycles. The number of carbonyl (C=O) groups is 2. The summed E-state index contributed by atoms with van der Waals surface area (Å²) in [4.78, 5) is 23.1. The number of aliphatic carboxylic acids is 1. The number of hydrogen-bond acceptors (Lipinski definition) is 3. The Morgan fingerprint density at radius 2 is 2.00 bits per heavy atom. The van der Waals surface area contributed by atoms with Crippen LogP contribution in [0.4, 0.5) is 5.69 Å². The first-order valence-electron chi connectivity index (χ1n) is 8.58. The van der Waals surface area contributed by atoms with Gasteiger partial charge in [-0.25, -0.2) is 0 Å². The van der Waals surface area contributed by atoms with E-state index in [-0.39, 0.29) is 12.3 Å². The van der Waals surface area contributed by atoms with Gasteiger partial charge in [0.05, 0.1) is 12.1 Å². The standard InChI is InChI=1S/C19H25N3O3/c1-4-16-15(17(5-2)22(3)21-16)12-18(23)20-14-8-6-7-13(11-14)9-10-19(24)25/h6-8,11H,4-5,9-10,12H2,1-3H3,(H,20,23)(H,24,25). The Morgan fingerprint density at radius 1 is 1.24 bits per heavy atom. The van der Waals surface area contributed by atoms with Gasteiger partial charge in [0.2, 0.25) is 5.91 Å². The molecule has 2 aromatic rings. The summed E-state index contributed by atoms with van der Waals surface area (Å²) in [6.45, 7) is 4.10. The number of carbonyl (C=O) groups excluding carboxylic acids is 1. The van der Waals surface area contributed by atoms with Crippen LogP contribution in [0.15, 0.2) is 24.3 Å². The molecule has 1 aromatic carbocycles. The van der Waals surface area contributed by atoms with E-state index in [9.17, 15) is 9.59 Å². The summed E-state index contributed by atoms with van der Waals surface area (Å²) in [5.74, 6) is -0.919. The lowest BCUT2D eigenvalue weighted by molar-refractivity contribution is -0.137. The molecule has 0 spiro atoms. The van der Waals surface area contributed by atoms with Crippen LogP contribution in [0.5, 0.6) is 0 Å². The molecule has 0 aliphatic carbocycles. The number of nitrogens with one attached hydrogen (secondary N) is 1. The van der Waals surface area contributed by atoms with Gasteiger partial charge in [0.15, 0.2) is 0 Å². The first-order chi connectivity index (χ1) is 11.9. The van der Waals surface area contributed by atoms with Crippen molar-refractivity contribution in [1.29, 1.82) is 0 Å². The van der Waals surface area contributed by atoms with Crippen LogP contribution in [0.25, 0.3) is 0 Å². The van der Waals surface area contributed by atoms with Gasteiger partial charge in [0.25, 0.3) is 0 Å². The normalized spacial score (nSPS) is 10.7. The monoisotopic (exact) mass is 343 g/mol. The number of aromatic nitrogens is 2. The van der Waals surface area contributed by atoms with E-state index in [2.05, 4.69) is 17.3 Å². The smallest absolute Gasteiger partial charge is 0.303 e. The Hall–Kier alpha value is -2.63. The van der Waals surface area contributed by atoms with Crippen molar-refractivity contribution in [3.63, 3.8) is 0 Å². The second-order valence-electron chi connectivity index (χ2n) is 6.02. The Bertz CT molecular complexity index is 765. The van der Waals surface area contributed by atoms with Crippen LogP contribution in [-0.4, -0.2) is 26.8 Å². The van der Waals surface area contributed by atoms with E-state index >= 15 is 0 Å². The van der Waals surface area contributed by atoms with Crippen LogP contribution < -0.4 is 5.32 Å². The molecule has 2 rings (SSSR count). The van der Waals surface area contributed by atoms with Gasteiger partial charge >= 0.3 is 5.97 Å². The minimum Gasteiger partial charge on any atom is -0.481 e. The van der Waals surface area contributed by atoms with Gasteiger partial charge in [0, 0.05) is 30.4 Å². The predicted molar refractivity (Wildman–Crippen MR) is 96.7 cm³/mol. The molecule has 0 fully saturated rings. The zero-order chi connectivity index (χ0) is 18.4. The first kappa shape index (κ1) is 18.7. The molecular formula is C19H25N3O3. The average molecular weight is 343 g/mol. The molecule has 0 aliphatic heterocycles. The lowest BCUT2D eigenvalue weighted by Gasteiger charge is -2.08. The average Bonchev–Trinajstić information content (AvgIpc) is 2.87. The molecule has 1 amide bonds. The van der Waals surface area contributed by atoms with Crippen LogP contribution in [0, 0.1) is 0 Å². The quantitative estimate of drug-likeness (QED) is 0.772. The number of benzene rings is 1. The third kappa shape index (κ3) is 4.92. The van der Waals surface area contributed by atoms with Crippen molar-refractivity contribution in [3.8, 4) is 0 Å². The largest absolute Gasteiger partial charge is 0.481 e. The minimum absolute atomic E-state index is 0.0762. The van der Waals surface area contributed by atoms with E-state index in [1.54, 1.807) is 0 Å². The summed E-state index contributed by atoms with van der Waals surface area (Å²) < 4.78 is 1.86. The zero-order valence-corrected chi connectivity index (χ0v) is 15.0. The molecule has 0 bridgehead atoms. The molecule has 0 radical (unpaired) electrons. The van der Waals surface area contributed by atoms with Crippen molar-refractivity contribution in [2.24, 2.45) is 7.05 Å². The lowest BCUT2D eigenvalue weighted by atomic mass is 10.1. The van der Waals surface area contributed by atoms with E-state index in [1.165, 1.54) is 0 Å². The number of amides is 1. The molecule has 134 valence electrons. The SMILES string of the molecule is CCc1nn(C)c(CC)c1CC(=O)Nc1cccc(CCC(=O)O)c1. The fourth-order valence-electron chi connectivity index (χ4n) is 3.02. The summed E-state index contributed by atoms with van der Waals surface area (Å²) in [6.07, 6.45) is 2.44. The number of anilines is 1. The molecule has 0 saturated carbocycles. The maximum absolute atomic E-state index is 12.5. The minimum atomic E-state index is -0.829. The summed E-state index contributed by atoms with van der Waals surface area (Å²) in [6, 6.07) is 7.33. The van der Waals surface area contributed by atoms with Crippen molar-refractivity contribution in [2.75, 3.05) is 5.32 Å². The number of rotatable bonds is 8. The molecule has 0 atom stereocenters. The Morgan fingerprint density at radius 3 is 2.64 bits per heavy atom. The van der Waals surface area contributed by atoms with E-state index in [1.807, 2.05) is 42.9 Å². The zero-order valence-electron chi connectivity index (χ0n) is 15.0. The van der Waals surface area contributed by atoms with Crippen molar-refractivity contribution in [1.82, 2.24) is 9.78 Å². The molecule has 6 heteroatoms. The van der Waals surface area contributed by atoms with Crippen LogP contribution in [0.1, 0.15) is 42.8 Å². The number of carboxylic acid groups (broad SMARTS) is 1. The van der Waals surface area contributed by atoms with E-state index in [4.69, 9.17) is 5.11 Å². The van der Waals surface area contributed by atoms with Gasteiger partial charge in [-0.1, -0.05) is 26.0 Å². The fourth-order valence-corrected chi connectivity index (χ4v) is 3.02. The van der Waals surface area contributed by atoms with Crippen LogP contribution in [-0.2, 0) is 42.3 Å². The Kier molecular flexibility index (Phi) is 6.33. The predicted octanol–water partition coefficient (Wildman–Crippen LogP) is 2.74. The Labute approximate surface area is 147 Å². The summed E-state index contributed by atoms with van der Waals surface area (Å²) >= 11 is 0. The third-order valence-corrected chi connectivity index (χ3v) is 4.20. The van der Waals surface area contributed by atoms with Crippen LogP contribution in [0.2, 0.25) is 0 Å². The summed E-state index contributed by atoms with van der Waals surface area (Å²) in [5.41, 5.74) is 4.64. The second kappa shape index (κ2) is 8.46. The van der Waals surface area contributed by atoms with Gasteiger partial charge in [-0.15, -0.1) is 0 Å². The van der Waals surface area contributed by atoms with Crippen molar-refractivity contribution >= 4 is 17.6 Å². The number of aryl methyl sites for hydroxylation is 3. The van der Waals surface area contributed by atoms with Gasteiger partial charge in [0.1, 0.15) is 0 Å². The first-order valence-corrected chi connectivity index (χ1v) is 8.58. The number of nitrogens with zero attached hydrogens (tertiary/aromatic N) is 2. The highest BCUT2D eigenvalue weighted by Gasteiger charge is 2.17. The van der Waals surface area contributed by atoms with Crippen molar-refractivity contribution in [2.45, 2.75) is 46.0 Å². The highest BCUT2D eigenvalue weighted by Crippen LogP contribution is 2.18. The van der Waals surface area contributed by atoms with E-state index < -0.39 is 5.97 Å². The number of carboxylic acids is 1. The van der Waals surface area contributed by atoms with Crippen molar-refractivity contribution < 1.29 is 14.7 Å². The topological polar surface area (TPSA) is 84.2 Å². The summed E-state index contributed by atoms with van der Waals surface area (Å²) in [7, 11) is 1.91. The molecule has 6 nitrogen and oxygen atoms in total. The molecule has 2 N–H and O–H groups in total. The molecule has 25 heavy (non-hydrogen) atoms. The molecule has 1 aromatic heterocycles. The van der Waals surface area contributed by atoms with Gasteiger partial charge in [-0.3, -0.25) is 14.3 Å². The second-order valence-corrected chi connectivity index (χ2v) is 6.02. The molecular weight excluding hydrogens is 318 g/mol. The van der Waals surface area contributed by atoms with E-state index in [0.29, 0.717) is 18.5 Å². The molecule has 0 saturated heterocycles.